The van der Waals surface area contributed by atoms with Crippen molar-refractivity contribution in [3.05, 3.63) is 69.8 Å². The highest BCUT2D eigenvalue weighted by molar-refractivity contribution is 5.92. The fourth-order valence-electron chi connectivity index (χ4n) is 3.40. The second-order valence-corrected chi connectivity index (χ2v) is 6.85. The third kappa shape index (κ3) is 5.03. The number of carbonyl (C=O) groups excluding carboxylic acids is 1. The Bertz CT molecular complexity index is 1000. The van der Waals surface area contributed by atoms with Crippen molar-refractivity contribution >= 4 is 23.2 Å². The number of nitro benzene ring substituents is 1. The average Bonchev–Trinajstić information content (AvgIpc) is 2.81. The molecule has 0 bridgehead atoms. The van der Waals surface area contributed by atoms with Crippen LogP contribution in [0.25, 0.3) is 11.6 Å². The summed E-state index contributed by atoms with van der Waals surface area (Å²) in [4.78, 5) is 24.6. The van der Waals surface area contributed by atoms with E-state index in [1.54, 1.807) is 44.4 Å². The smallest absolute Gasteiger partial charge is 0.269 e. The zero-order valence-corrected chi connectivity index (χ0v) is 17.7. The lowest BCUT2D eigenvalue weighted by molar-refractivity contribution is -0.384. The van der Waals surface area contributed by atoms with Gasteiger partial charge < -0.3 is 19.1 Å². The molecule has 0 N–H and O–H groups in total. The van der Waals surface area contributed by atoms with E-state index in [2.05, 4.69) is 0 Å². The van der Waals surface area contributed by atoms with E-state index in [0.717, 1.165) is 16.7 Å². The van der Waals surface area contributed by atoms with E-state index in [0.29, 0.717) is 36.8 Å². The molecule has 0 atom stereocenters. The maximum atomic E-state index is 12.6. The molecule has 1 amide bonds. The Balaban J connectivity index is 1.72. The molecule has 0 aromatic heterocycles. The number of methoxy groups -OCH3 is 3. The van der Waals surface area contributed by atoms with Crippen LogP contribution >= 0.6 is 0 Å². The van der Waals surface area contributed by atoms with Gasteiger partial charge in [-0.2, -0.15) is 0 Å². The van der Waals surface area contributed by atoms with Crippen LogP contribution in [-0.2, 0) is 4.79 Å². The number of hydrogen-bond acceptors (Lipinski definition) is 6. The average molecular weight is 424 g/mol. The van der Waals surface area contributed by atoms with Gasteiger partial charge in [-0.05, 0) is 35.8 Å². The summed E-state index contributed by atoms with van der Waals surface area (Å²) in [7, 11) is 4.78. The van der Waals surface area contributed by atoms with Crippen molar-refractivity contribution in [1.29, 1.82) is 0 Å². The molecule has 162 valence electrons. The Morgan fingerprint density at radius 2 is 1.71 bits per heavy atom. The van der Waals surface area contributed by atoms with Crippen LogP contribution in [0.1, 0.15) is 17.5 Å². The van der Waals surface area contributed by atoms with Crippen molar-refractivity contribution in [2.24, 2.45) is 0 Å². The number of non-ortho nitro benzene ring substituents is 1. The van der Waals surface area contributed by atoms with Gasteiger partial charge in [0.25, 0.3) is 5.69 Å². The summed E-state index contributed by atoms with van der Waals surface area (Å²) in [6.45, 7) is 1.00. The number of rotatable bonds is 7. The standard InChI is InChI=1S/C23H24N2O6/c1-29-19-14-20(30-2)23(21(15-19)31-3)17-10-12-24(13-11-17)22(26)9-6-16-4-7-18(8-5-16)25(27)28/h4-10,14-15H,11-13H2,1-3H3/b9-6+. The topological polar surface area (TPSA) is 91.1 Å². The van der Waals surface area contributed by atoms with E-state index in [1.165, 1.54) is 18.2 Å². The zero-order chi connectivity index (χ0) is 22.4. The molecule has 31 heavy (non-hydrogen) atoms. The van der Waals surface area contributed by atoms with E-state index >= 15 is 0 Å². The van der Waals surface area contributed by atoms with Gasteiger partial charge in [0.1, 0.15) is 17.2 Å². The first kappa shape index (κ1) is 21.9. The Morgan fingerprint density at radius 3 is 2.19 bits per heavy atom. The molecule has 2 aromatic carbocycles. The summed E-state index contributed by atoms with van der Waals surface area (Å²) < 4.78 is 16.4. The molecule has 8 heteroatoms. The van der Waals surface area contributed by atoms with Gasteiger partial charge in [-0.3, -0.25) is 14.9 Å². The lowest BCUT2D eigenvalue weighted by atomic mass is 9.97. The van der Waals surface area contributed by atoms with E-state index in [-0.39, 0.29) is 11.6 Å². The lowest BCUT2D eigenvalue weighted by Gasteiger charge is -2.27. The van der Waals surface area contributed by atoms with Crippen molar-refractivity contribution in [3.63, 3.8) is 0 Å². The second-order valence-electron chi connectivity index (χ2n) is 6.85. The van der Waals surface area contributed by atoms with Crippen LogP contribution in [0.3, 0.4) is 0 Å². The SMILES string of the molecule is COc1cc(OC)c(C2=CCN(C(=O)/C=C/c3ccc([N+](=O)[O-])cc3)CC2)c(OC)c1. The van der Waals surface area contributed by atoms with Gasteiger partial charge in [0.15, 0.2) is 0 Å². The first-order chi connectivity index (χ1) is 15.0. The highest BCUT2D eigenvalue weighted by atomic mass is 16.6. The van der Waals surface area contributed by atoms with Gasteiger partial charge in [0.2, 0.25) is 5.91 Å². The predicted octanol–water partition coefficient (Wildman–Crippen LogP) is 3.95. The molecule has 2 aromatic rings. The first-order valence-corrected chi connectivity index (χ1v) is 9.67. The van der Waals surface area contributed by atoms with Gasteiger partial charge in [-0.15, -0.1) is 0 Å². The Labute approximate surface area is 180 Å². The summed E-state index contributed by atoms with van der Waals surface area (Å²) in [5.41, 5.74) is 2.64. The summed E-state index contributed by atoms with van der Waals surface area (Å²) in [5.74, 6) is 1.82. The number of benzene rings is 2. The van der Waals surface area contributed by atoms with Gasteiger partial charge >= 0.3 is 0 Å². The number of nitrogens with zero attached hydrogens (tertiary/aromatic N) is 2. The largest absolute Gasteiger partial charge is 0.496 e. The Morgan fingerprint density at radius 1 is 1.06 bits per heavy atom. The monoisotopic (exact) mass is 424 g/mol. The number of carbonyl (C=O) groups is 1. The van der Waals surface area contributed by atoms with E-state index < -0.39 is 4.92 Å². The molecule has 0 unspecified atom stereocenters. The minimum absolute atomic E-state index is 0.0153. The lowest BCUT2D eigenvalue weighted by Crippen LogP contribution is -2.33. The molecular formula is C23H24N2O6. The number of nitro groups is 1. The summed E-state index contributed by atoms with van der Waals surface area (Å²) in [6.07, 6.45) is 5.78. The normalized spacial score (nSPS) is 13.6. The minimum Gasteiger partial charge on any atom is -0.496 e. The van der Waals surface area contributed by atoms with E-state index in [1.807, 2.05) is 18.2 Å². The van der Waals surface area contributed by atoms with Crippen molar-refractivity contribution < 1.29 is 23.9 Å². The molecule has 0 aliphatic carbocycles. The Kier molecular flexibility index (Phi) is 6.92. The molecule has 0 saturated carbocycles. The molecule has 3 rings (SSSR count). The first-order valence-electron chi connectivity index (χ1n) is 9.67. The third-order valence-corrected chi connectivity index (χ3v) is 5.08. The predicted molar refractivity (Wildman–Crippen MR) is 117 cm³/mol. The van der Waals surface area contributed by atoms with Crippen LogP contribution in [0.5, 0.6) is 17.2 Å². The fraction of sp³-hybridized carbons (Fsp3) is 0.261. The molecule has 8 nitrogen and oxygen atoms in total. The van der Waals surface area contributed by atoms with Crippen molar-refractivity contribution in [2.45, 2.75) is 6.42 Å². The summed E-state index contributed by atoms with van der Waals surface area (Å²) >= 11 is 0. The van der Waals surface area contributed by atoms with Crippen LogP contribution in [0.4, 0.5) is 5.69 Å². The summed E-state index contributed by atoms with van der Waals surface area (Å²) in [6, 6.07) is 9.66. The van der Waals surface area contributed by atoms with Gasteiger partial charge in [0, 0.05) is 43.4 Å². The second kappa shape index (κ2) is 9.80. The van der Waals surface area contributed by atoms with E-state index in [4.69, 9.17) is 14.2 Å². The van der Waals surface area contributed by atoms with Crippen LogP contribution in [0, 0.1) is 10.1 Å². The maximum Gasteiger partial charge on any atom is 0.269 e. The molecule has 1 heterocycles. The van der Waals surface area contributed by atoms with Gasteiger partial charge in [0.05, 0.1) is 31.8 Å². The van der Waals surface area contributed by atoms with Crippen LogP contribution in [0.15, 0.2) is 48.6 Å². The van der Waals surface area contributed by atoms with Gasteiger partial charge in [-0.1, -0.05) is 6.08 Å². The minimum atomic E-state index is -0.455. The molecule has 0 saturated heterocycles. The van der Waals surface area contributed by atoms with E-state index in [9.17, 15) is 14.9 Å². The van der Waals surface area contributed by atoms with Crippen molar-refractivity contribution in [2.75, 3.05) is 34.4 Å². The van der Waals surface area contributed by atoms with Crippen LogP contribution in [0.2, 0.25) is 0 Å². The quantitative estimate of drug-likeness (QED) is 0.380. The number of ether oxygens (including phenoxy) is 3. The van der Waals surface area contributed by atoms with Crippen LogP contribution < -0.4 is 14.2 Å². The molecular weight excluding hydrogens is 400 g/mol. The number of amides is 1. The van der Waals surface area contributed by atoms with Crippen molar-refractivity contribution in [1.82, 2.24) is 4.90 Å². The van der Waals surface area contributed by atoms with Crippen molar-refractivity contribution in [3.8, 4) is 17.2 Å². The third-order valence-electron chi connectivity index (χ3n) is 5.08. The number of hydrogen-bond donors (Lipinski definition) is 0. The van der Waals surface area contributed by atoms with Gasteiger partial charge in [-0.25, -0.2) is 0 Å². The van der Waals surface area contributed by atoms with Crippen LogP contribution in [-0.4, -0.2) is 50.1 Å². The fourth-order valence-corrected chi connectivity index (χ4v) is 3.40. The maximum absolute atomic E-state index is 12.6. The molecule has 1 aliphatic rings. The molecule has 0 fully saturated rings. The Hall–Kier alpha value is -3.81. The molecule has 0 spiro atoms. The summed E-state index contributed by atoms with van der Waals surface area (Å²) in [5, 5.41) is 10.7. The highest BCUT2D eigenvalue weighted by Gasteiger charge is 2.22. The zero-order valence-electron chi connectivity index (χ0n) is 17.7. The molecule has 0 radical (unpaired) electrons. The highest BCUT2D eigenvalue weighted by Crippen LogP contribution is 2.40. The molecule has 1 aliphatic heterocycles.